The maximum atomic E-state index is 12.5. The fourth-order valence-corrected chi connectivity index (χ4v) is 2.84. The second-order valence-corrected chi connectivity index (χ2v) is 7.70. The summed E-state index contributed by atoms with van der Waals surface area (Å²) in [5, 5.41) is 8.84. The molecule has 0 fully saturated rings. The number of aromatic nitrogens is 3. The van der Waals surface area contributed by atoms with Gasteiger partial charge in [0, 0.05) is 19.7 Å². The van der Waals surface area contributed by atoms with Crippen LogP contribution in [-0.4, -0.2) is 51.0 Å². The van der Waals surface area contributed by atoms with Gasteiger partial charge in [0.05, 0.1) is 26.1 Å². The molecule has 0 bridgehead atoms. The minimum atomic E-state index is -0.941. The lowest BCUT2D eigenvalue weighted by molar-refractivity contribution is -0.146. The number of ether oxygens (including phenoxy) is 2. The van der Waals surface area contributed by atoms with Crippen LogP contribution in [0.3, 0.4) is 0 Å². The molecule has 11 nitrogen and oxygen atoms in total. The predicted molar refractivity (Wildman–Crippen MR) is 112 cm³/mol. The molecule has 0 aliphatic carbocycles. The van der Waals surface area contributed by atoms with Gasteiger partial charge in [0.1, 0.15) is 0 Å². The molecule has 0 radical (unpaired) electrons. The highest BCUT2D eigenvalue weighted by atomic mass is 16.5. The van der Waals surface area contributed by atoms with Gasteiger partial charge in [0.25, 0.3) is 0 Å². The van der Waals surface area contributed by atoms with Crippen molar-refractivity contribution < 1.29 is 24.2 Å². The highest BCUT2D eigenvalue weighted by Crippen LogP contribution is 2.06. The van der Waals surface area contributed by atoms with Crippen LogP contribution in [0.25, 0.3) is 0 Å². The van der Waals surface area contributed by atoms with E-state index in [9.17, 15) is 24.0 Å². The van der Waals surface area contributed by atoms with Gasteiger partial charge >= 0.3 is 29.0 Å². The lowest BCUT2D eigenvalue weighted by atomic mass is 10.1. The number of aliphatic hydroxyl groups excluding tert-OH is 1. The molecule has 11 heteroatoms. The molecule has 1 aromatic rings. The van der Waals surface area contributed by atoms with Crippen LogP contribution in [0.15, 0.2) is 14.4 Å². The van der Waals surface area contributed by atoms with E-state index in [4.69, 9.17) is 14.6 Å². The van der Waals surface area contributed by atoms with Gasteiger partial charge in [-0.1, -0.05) is 27.2 Å². The molecule has 0 saturated heterocycles. The summed E-state index contributed by atoms with van der Waals surface area (Å²) in [6.07, 6.45) is 1.92. The Morgan fingerprint density at radius 2 is 1.35 bits per heavy atom. The molecule has 176 valence electrons. The lowest BCUT2D eigenvalue weighted by Crippen LogP contribution is -2.49. The molecule has 2 N–H and O–H groups in total. The first-order valence-corrected chi connectivity index (χ1v) is 10.6. The van der Waals surface area contributed by atoms with E-state index >= 15 is 0 Å². The van der Waals surface area contributed by atoms with E-state index < -0.39 is 29.0 Å². The van der Waals surface area contributed by atoms with E-state index in [1.807, 2.05) is 25.8 Å². The highest BCUT2D eigenvalue weighted by Gasteiger charge is 2.15. The summed E-state index contributed by atoms with van der Waals surface area (Å²) in [6, 6.07) is 0. The van der Waals surface area contributed by atoms with E-state index in [0.717, 1.165) is 17.4 Å². The summed E-state index contributed by atoms with van der Waals surface area (Å²) in [5.74, 6) is -0.966. The Hall–Kier alpha value is -2.69. The Kier molecular flexibility index (Phi) is 11.5. The third-order valence-electron chi connectivity index (χ3n) is 4.71. The Bertz CT molecular complexity index is 818. The number of carbonyl (C=O) groups is 2. The van der Waals surface area contributed by atoms with Crippen molar-refractivity contribution in [2.24, 2.45) is 11.8 Å². The number of esters is 2. The first kappa shape index (κ1) is 26.3. The summed E-state index contributed by atoms with van der Waals surface area (Å²) in [5.41, 5.74) is -2.79. The number of aromatic amines is 1. The Morgan fingerprint density at radius 1 is 0.903 bits per heavy atom. The minimum absolute atomic E-state index is 0.0175. The molecular formula is C20H33N3O8. The molecule has 1 rings (SSSR count). The topological polar surface area (TPSA) is 150 Å². The van der Waals surface area contributed by atoms with Crippen molar-refractivity contribution in [3.05, 3.63) is 31.5 Å². The van der Waals surface area contributed by atoms with Crippen molar-refractivity contribution >= 4 is 11.9 Å². The molecule has 2 unspecified atom stereocenters. The van der Waals surface area contributed by atoms with Crippen molar-refractivity contribution in [1.29, 1.82) is 0 Å². The monoisotopic (exact) mass is 443 g/mol. The first-order valence-electron chi connectivity index (χ1n) is 10.6. The number of nitrogens with zero attached hydrogens (tertiary/aromatic N) is 2. The number of hydrogen-bond donors (Lipinski definition) is 2. The standard InChI is InChI=1S/C20H33N3O8/c1-4-5-14(2)12-30-16(25)6-9-22-18(27)21-19(28)23(20(22)29)10-7-17(26)31-13-15(3)8-11-24/h14-15,24H,4-13H2,1-3H3,(H,21,27,28). The maximum Gasteiger partial charge on any atom is 0.336 e. The van der Waals surface area contributed by atoms with Gasteiger partial charge in [0.2, 0.25) is 0 Å². The zero-order chi connectivity index (χ0) is 23.4. The van der Waals surface area contributed by atoms with Crippen LogP contribution in [0.4, 0.5) is 0 Å². The molecule has 0 aromatic carbocycles. The predicted octanol–water partition coefficient (Wildman–Crippen LogP) is 0.0196. The van der Waals surface area contributed by atoms with Crippen LogP contribution in [0.2, 0.25) is 0 Å². The number of hydrogen-bond acceptors (Lipinski definition) is 8. The zero-order valence-electron chi connectivity index (χ0n) is 18.4. The molecule has 0 aliphatic rings. The van der Waals surface area contributed by atoms with E-state index in [1.165, 1.54) is 0 Å². The van der Waals surface area contributed by atoms with E-state index in [1.54, 1.807) is 0 Å². The second-order valence-electron chi connectivity index (χ2n) is 7.70. The zero-order valence-corrected chi connectivity index (χ0v) is 18.4. The van der Waals surface area contributed by atoms with Crippen LogP contribution in [0.5, 0.6) is 0 Å². The highest BCUT2D eigenvalue weighted by molar-refractivity contribution is 5.69. The van der Waals surface area contributed by atoms with Crippen molar-refractivity contribution in [1.82, 2.24) is 14.1 Å². The SMILES string of the molecule is CCCC(C)COC(=O)CCn1c(=O)[nH]c(=O)n(CCC(=O)OCC(C)CCO)c1=O. The summed E-state index contributed by atoms with van der Waals surface area (Å²) in [4.78, 5) is 62.2. The number of aliphatic hydroxyl groups is 1. The van der Waals surface area contributed by atoms with E-state index in [0.29, 0.717) is 11.0 Å². The third-order valence-corrected chi connectivity index (χ3v) is 4.71. The molecule has 1 aromatic heterocycles. The molecule has 2 atom stereocenters. The third kappa shape index (κ3) is 9.33. The molecule has 31 heavy (non-hydrogen) atoms. The average Bonchev–Trinajstić information content (AvgIpc) is 2.70. The van der Waals surface area contributed by atoms with Crippen molar-refractivity contribution in [2.45, 2.75) is 66.0 Å². The molecular weight excluding hydrogens is 410 g/mol. The van der Waals surface area contributed by atoms with Gasteiger partial charge in [-0.15, -0.1) is 0 Å². The molecule has 1 heterocycles. The van der Waals surface area contributed by atoms with Crippen LogP contribution in [-0.2, 0) is 32.2 Å². The van der Waals surface area contributed by atoms with Crippen LogP contribution >= 0.6 is 0 Å². The Balaban J connectivity index is 2.70. The number of rotatable bonds is 14. The van der Waals surface area contributed by atoms with Crippen LogP contribution in [0.1, 0.15) is 52.9 Å². The smallest absolute Gasteiger partial charge is 0.336 e. The van der Waals surface area contributed by atoms with Crippen LogP contribution in [0, 0.1) is 11.8 Å². The number of carbonyl (C=O) groups excluding carboxylic acids is 2. The molecule has 0 saturated carbocycles. The van der Waals surface area contributed by atoms with Crippen molar-refractivity contribution in [2.75, 3.05) is 19.8 Å². The molecule has 0 aliphatic heterocycles. The molecule has 0 amide bonds. The van der Waals surface area contributed by atoms with Gasteiger partial charge in [0.15, 0.2) is 0 Å². The summed E-state index contributed by atoms with van der Waals surface area (Å²) >= 11 is 0. The Labute approximate surface area is 180 Å². The van der Waals surface area contributed by atoms with Gasteiger partial charge in [-0.2, -0.15) is 0 Å². The van der Waals surface area contributed by atoms with Gasteiger partial charge in [-0.05, 0) is 24.7 Å². The van der Waals surface area contributed by atoms with Crippen molar-refractivity contribution in [3.63, 3.8) is 0 Å². The van der Waals surface area contributed by atoms with Crippen molar-refractivity contribution in [3.8, 4) is 0 Å². The quantitative estimate of drug-likeness (QED) is 0.382. The Morgan fingerprint density at radius 3 is 1.77 bits per heavy atom. The van der Waals surface area contributed by atoms with Gasteiger partial charge < -0.3 is 14.6 Å². The minimum Gasteiger partial charge on any atom is -0.465 e. The molecule has 0 spiro atoms. The summed E-state index contributed by atoms with van der Waals surface area (Å²) in [6.45, 7) is 5.63. The number of nitrogens with one attached hydrogen (secondary N) is 1. The fourth-order valence-electron chi connectivity index (χ4n) is 2.84. The van der Waals surface area contributed by atoms with E-state index in [-0.39, 0.29) is 57.6 Å². The fraction of sp³-hybridized carbons (Fsp3) is 0.750. The largest absolute Gasteiger partial charge is 0.465 e. The second kappa shape index (κ2) is 13.6. The van der Waals surface area contributed by atoms with Gasteiger partial charge in [-0.3, -0.25) is 14.6 Å². The summed E-state index contributed by atoms with van der Waals surface area (Å²) < 4.78 is 11.6. The maximum absolute atomic E-state index is 12.5. The summed E-state index contributed by atoms with van der Waals surface area (Å²) in [7, 11) is 0. The lowest BCUT2D eigenvalue weighted by Gasteiger charge is -2.12. The number of H-pyrrole nitrogens is 1. The normalized spacial score (nSPS) is 12.9. The average molecular weight is 443 g/mol. The first-order chi connectivity index (χ1) is 14.7. The van der Waals surface area contributed by atoms with Crippen LogP contribution < -0.4 is 17.1 Å². The van der Waals surface area contributed by atoms with E-state index in [2.05, 4.69) is 0 Å². The van der Waals surface area contributed by atoms with Gasteiger partial charge in [-0.25, -0.2) is 23.5 Å².